The highest BCUT2D eigenvalue weighted by Crippen LogP contribution is 2.33. The second kappa shape index (κ2) is 4.03. The zero-order valence-electron chi connectivity index (χ0n) is 7.46. The van der Waals surface area contributed by atoms with E-state index < -0.39 is 0 Å². The van der Waals surface area contributed by atoms with Crippen molar-refractivity contribution in [3.05, 3.63) is 16.5 Å². The van der Waals surface area contributed by atoms with Crippen molar-refractivity contribution < 1.29 is 3.89 Å². The summed E-state index contributed by atoms with van der Waals surface area (Å²) < 4.78 is 13.7. The molecule has 0 aliphatic carbocycles. The van der Waals surface area contributed by atoms with E-state index >= 15 is 0 Å². The molecule has 2 heterocycles. The summed E-state index contributed by atoms with van der Waals surface area (Å²) in [6.45, 7) is 0. The van der Waals surface area contributed by atoms with Gasteiger partial charge in [0.15, 0.2) is 18.0 Å². The maximum Gasteiger partial charge on any atom is 0.226 e. The Morgan fingerprint density at radius 1 is 1.47 bits per heavy atom. The number of nitrogens with one attached hydrogen (secondary N) is 1. The molecule has 2 aromatic heterocycles. The number of halogens is 3. The number of anilines is 1. The van der Waals surface area contributed by atoms with Crippen molar-refractivity contribution in [3.63, 3.8) is 0 Å². The van der Waals surface area contributed by atoms with Crippen LogP contribution in [0.1, 0.15) is 0 Å². The second-order valence-electron chi connectivity index (χ2n) is 2.66. The van der Waals surface area contributed by atoms with E-state index in [0.717, 1.165) is 0 Å². The molecule has 4 nitrogen and oxygen atoms in total. The molecule has 0 aliphatic heterocycles. The van der Waals surface area contributed by atoms with Crippen molar-refractivity contribution in [2.45, 2.75) is 0 Å². The molecular weight excluding hydrogens is 262 g/mol. The number of aromatic nitrogens is 3. The van der Waals surface area contributed by atoms with Gasteiger partial charge in [0.25, 0.3) is 0 Å². The van der Waals surface area contributed by atoms with E-state index in [1.54, 1.807) is 7.05 Å². The van der Waals surface area contributed by atoms with Crippen LogP contribution in [-0.2, 0) is 0 Å². The molecule has 80 valence electrons. The number of hydrogen-bond donors (Lipinski definition) is 1. The van der Waals surface area contributed by atoms with Gasteiger partial charge in [0.1, 0.15) is 5.82 Å². The van der Waals surface area contributed by atoms with Crippen LogP contribution in [0.2, 0.25) is 10.3 Å². The third-order valence-electron chi connectivity index (χ3n) is 1.85. The summed E-state index contributed by atoms with van der Waals surface area (Å²) in [7, 11) is 1.67. The van der Waals surface area contributed by atoms with Crippen molar-refractivity contribution in [2.75, 3.05) is 12.4 Å². The Morgan fingerprint density at radius 3 is 2.80 bits per heavy atom. The van der Waals surface area contributed by atoms with E-state index in [9.17, 15) is 3.89 Å². The molecule has 0 fully saturated rings. The van der Waals surface area contributed by atoms with E-state index in [1.165, 1.54) is 10.2 Å². The van der Waals surface area contributed by atoms with Crippen molar-refractivity contribution in [1.29, 1.82) is 0 Å². The van der Waals surface area contributed by atoms with Gasteiger partial charge in [-0.3, -0.25) is 0 Å². The van der Waals surface area contributed by atoms with Gasteiger partial charge in [-0.1, -0.05) is 11.6 Å². The van der Waals surface area contributed by atoms with Gasteiger partial charge >= 0.3 is 0 Å². The number of fused-ring (bicyclic) bond motifs is 1. The van der Waals surface area contributed by atoms with Gasteiger partial charge in [0.2, 0.25) is 5.28 Å². The molecule has 0 aliphatic rings. The molecule has 0 unspecified atom stereocenters. The third-order valence-corrected chi connectivity index (χ3v) is 2.73. The smallest absolute Gasteiger partial charge is 0.226 e. The van der Waals surface area contributed by atoms with E-state index in [2.05, 4.69) is 15.3 Å². The van der Waals surface area contributed by atoms with Gasteiger partial charge in [-0.05, 0) is 11.6 Å². The number of nitrogens with zero attached hydrogens (tertiary/aromatic N) is 3. The lowest BCUT2D eigenvalue weighted by molar-refractivity contribution is 0.919. The number of hydrogen-bond acceptors (Lipinski definition) is 4. The molecule has 2 rings (SSSR count). The van der Waals surface area contributed by atoms with Gasteiger partial charge in [0, 0.05) is 13.2 Å². The van der Waals surface area contributed by atoms with Crippen LogP contribution in [0.4, 0.5) is 9.70 Å². The van der Waals surface area contributed by atoms with Gasteiger partial charge < -0.3 is 5.32 Å². The lowest BCUT2D eigenvalue weighted by atomic mass is 10.4. The maximum absolute atomic E-state index is 12.5. The first kappa shape index (κ1) is 10.8. The van der Waals surface area contributed by atoms with Crippen molar-refractivity contribution in [3.8, 4) is 0 Å². The summed E-state index contributed by atoms with van der Waals surface area (Å²) in [5.41, 5.74) is 0.344. The Balaban J connectivity index is 2.85. The molecule has 8 heteroatoms. The largest absolute Gasteiger partial charge is 0.372 e. The topological polar surface area (TPSA) is 42.7 Å². The van der Waals surface area contributed by atoms with E-state index in [4.69, 9.17) is 23.2 Å². The minimum atomic E-state index is 0.00254. The minimum absolute atomic E-state index is 0.00254. The zero-order chi connectivity index (χ0) is 11.0. The Hall–Kier alpha value is -0.720. The standard InChI is InChI=1S/C7H5Cl2FN4S/c1-11-5-4-3(8)2-14(15-10)6(4)13-7(9)12-5/h2H,1H3,(H,11,12,13). The fourth-order valence-corrected chi connectivity index (χ4v) is 2.10. The normalized spacial score (nSPS) is 10.9. The van der Waals surface area contributed by atoms with Crippen LogP contribution >= 0.6 is 35.5 Å². The van der Waals surface area contributed by atoms with E-state index in [1.807, 2.05) is 0 Å². The quantitative estimate of drug-likeness (QED) is 0.849. The van der Waals surface area contributed by atoms with E-state index in [0.29, 0.717) is 21.9 Å². The first-order valence-electron chi connectivity index (χ1n) is 3.88. The first-order chi connectivity index (χ1) is 7.17. The fourth-order valence-electron chi connectivity index (χ4n) is 1.26. The highest BCUT2D eigenvalue weighted by Gasteiger charge is 2.15. The highest BCUT2D eigenvalue weighted by molar-refractivity contribution is 7.92. The Bertz CT molecular complexity index is 515. The van der Waals surface area contributed by atoms with Crippen LogP contribution in [0.5, 0.6) is 0 Å². The minimum Gasteiger partial charge on any atom is -0.372 e. The Kier molecular flexibility index (Phi) is 2.90. The molecule has 2 aromatic rings. The Labute approximate surface area is 99.2 Å². The van der Waals surface area contributed by atoms with E-state index in [-0.39, 0.29) is 17.6 Å². The summed E-state index contributed by atoms with van der Waals surface area (Å²) in [6, 6.07) is 0. The molecule has 0 bridgehead atoms. The third kappa shape index (κ3) is 1.73. The molecule has 0 saturated heterocycles. The van der Waals surface area contributed by atoms with Gasteiger partial charge in [-0.25, -0.2) is 8.96 Å². The van der Waals surface area contributed by atoms with Crippen LogP contribution in [0.25, 0.3) is 11.0 Å². The molecule has 0 amide bonds. The molecule has 1 N–H and O–H groups in total. The predicted octanol–water partition coefficient (Wildman–Crippen LogP) is 3.16. The maximum atomic E-state index is 12.5. The summed E-state index contributed by atoms with van der Waals surface area (Å²) in [5, 5.41) is 3.78. The van der Waals surface area contributed by atoms with Crippen molar-refractivity contribution >= 4 is 52.4 Å². The summed E-state index contributed by atoms with van der Waals surface area (Å²) >= 11 is 11.6. The Morgan fingerprint density at radius 2 is 2.20 bits per heavy atom. The highest BCUT2D eigenvalue weighted by atomic mass is 35.5. The molecular formula is C7H5Cl2FN4S. The van der Waals surface area contributed by atoms with Crippen LogP contribution < -0.4 is 5.32 Å². The summed E-state index contributed by atoms with van der Waals surface area (Å²) in [5.74, 6) is 0.475. The molecule has 15 heavy (non-hydrogen) atoms. The molecule has 0 aromatic carbocycles. The van der Waals surface area contributed by atoms with Crippen LogP contribution in [0.3, 0.4) is 0 Å². The predicted molar refractivity (Wildman–Crippen MR) is 61.2 cm³/mol. The number of rotatable bonds is 2. The zero-order valence-corrected chi connectivity index (χ0v) is 9.79. The van der Waals surface area contributed by atoms with Crippen LogP contribution in [0.15, 0.2) is 6.20 Å². The molecule has 0 spiro atoms. The summed E-state index contributed by atoms with van der Waals surface area (Å²) in [4.78, 5) is 7.85. The molecule has 0 atom stereocenters. The first-order valence-corrected chi connectivity index (χ1v) is 5.31. The second-order valence-corrected chi connectivity index (χ2v) is 3.94. The average molecular weight is 267 g/mol. The van der Waals surface area contributed by atoms with Crippen molar-refractivity contribution in [2.24, 2.45) is 0 Å². The fraction of sp³-hybridized carbons (Fsp3) is 0.143. The van der Waals surface area contributed by atoms with Crippen LogP contribution in [-0.4, -0.2) is 21.0 Å². The van der Waals surface area contributed by atoms with Gasteiger partial charge in [-0.2, -0.15) is 4.98 Å². The lowest BCUT2D eigenvalue weighted by Gasteiger charge is -2.02. The monoisotopic (exact) mass is 266 g/mol. The SMILES string of the molecule is CNc1nc(Cl)nc2c1c(Cl)cn2SF. The summed E-state index contributed by atoms with van der Waals surface area (Å²) in [6.07, 6.45) is 1.42. The van der Waals surface area contributed by atoms with Gasteiger partial charge in [-0.15, -0.1) is 3.89 Å². The van der Waals surface area contributed by atoms with Gasteiger partial charge in [0.05, 0.1) is 10.4 Å². The molecule has 0 saturated carbocycles. The average Bonchev–Trinajstić information content (AvgIpc) is 2.54. The lowest BCUT2D eigenvalue weighted by Crippen LogP contribution is -1.96. The molecule has 0 radical (unpaired) electrons. The van der Waals surface area contributed by atoms with Crippen LogP contribution in [0, 0.1) is 0 Å². The van der Waals surface area contributed by atoms with Crippen molar-refractivity contribution in [1.82, 2.24) is 13.9 Å².